The maximum Gasteiger partial charge on any atom is 0.254 e. The minimum absolute atomic E-state index is 0.105. The van der Waals surface area contributed by atoms with Crippen LogP contribution in [0.5, 0.6) is 11.5 Å². The van der Waals surface area contributed by atoms with Crippen molar-refractivity contribution >= 4 is 0 Å². The fraction of sp³-hybridized carbons (Fsp3) is 0.286. The molecule has 2 N–H and O–H groups in total. The van der Waals surface area contributed by atoms with Gasteiger partial charge < -0.3 is 14.8 Å². The number of fused-ring (bicyclic) bond motifs is 1. The first kappa shape index (κ1) is 18.2. The van der Waals surface area contributed by atoms with E-state index in [0.717, 1.165) is 23.4 Å². The van der Waals surface area contributed by atoms with Gasteiger partial charge in [-0.15, -0.1) is 0 Å². The minimum atomic E-state index is -0.105. The van der Waals surface area contributed by atoms with Crippen LogP contribution in [0.2, 0.25) is 0 Å². The number of para-hydroxylation sites is 1. The molecular weight excluding hydrogens is 356 g/mol. The third kappa shape index (κ3) is 3.61. The summed E-state index contributed by atoms with van der Waals surface area (Å²) in [5, 5.41) is 10.5. The molecule has 3 heterocycles. The summed E-state index contributed by atoms with van der Waals surface area (Å²) in [5.74, 6) is 1.14. The first-order chi connectivity index (χ1) is 13.7. The van der Waals surface area contributed by atoms with Crippen molar-refractivity contribution in [2.45, 2.75) is 26.4 Å². The zero-order valence-electron chi connectivity index (χ0n) is 15.7. The van der Waals surface area contributed by atoms with Crippen molar-refractivity contribution in [3.05, 3.63) is 69.8 Å². The number of phenolic OH excluding ortho intramolecular Hbond substituents is 1. The number of hydrogen-bond donors (Lipinski definition) is 2. The molecule has 1 aromatic carbocycles. The van der Waals surface area contributed by atoms with Crippen LogP contribution in [0.1, 0.15) is 23.7 Å². The number of nitrogens with zero attached hydrogens (tertiary/aromatic N) is 3. The molecule has 0 saturated heterocycles. The number of pyridine rings is 1. The number of nitrogens with one attached hydrogen (secondary N) is 1. The first-order valence-corrected chi connectivity index (χ1v) is 9.35. The number of ether oxygens (including phenoxy) is 1. The van der Waals surface area contributed by atoms with Gasteiger partial charge in [-0.05, 0) is 31.5 Å². The Morgan fingerprint density at radius 2 is 2.14 bits per heavy atom. The molecule has 0 spiro atoms. The molecule has 0 fully saturated rings. The summed E-state index contributed by atoms with van der Waals surface area (Å²) in [6.45, 7) is 4.20. The SMILES string of the molecule is CCOc1cccc(CN2CCc3c(nc(-c4ccccn4)[nH]c3=O)C2)c1O. The first-order valence-electron chi connectivity index (χ1n) is 9.35. The van der Waals surface area contributed by atoms with Crippen molar-refractivity contribution in [1.82, 2.24) is 19.9 Å². The Labute approximate surface area is 162 Å². The standard InChI is InChI=1S/C21H22N4O3/c1-2-28-18-8-5-6-14(19(18)26)12-25-11-9-15-17(13-25)23-20(24-21(15)27)16-7-3-4-10-22-16/h3-8,10,26H,2,9,11-13H2,1H3,(H,23,24,27). The second kappa shape index (κ2) is 7.82. The zero-order valence-corrected chi connectivity index (χ0v) is 15.7. The number of aromatic amines is 1. The van der Waals surface area contributed by atoms with Crippen molar-refractivity contribution in [2.24, 2.45) is 0 Å². The van der Waals surface area contributed by atoms with Crippen LogP contribution in [0.15, 0.2) is 47.4 Å². The molecular formula is C21H22N4O3. The average molecular weight is 378 g/mol. The number of hydrogen-bond acceptors (Lipinski definition) is 6. The average Bonchev–Trinajstić information content (AvgIpc) is 2.71. The monoisotopic (exact) mass is 378 g/mol. The third-order valence-corrected chi connectivity index (χ3v) is 4.84. The molecule has 0 amide bonds. The smallest absolute Gasteiger partial charge is 0.254 e. The molecule has 7 heteroatoms. The highest BCUT2D eigenvalue weighted by atomic mass is 16.5. The van der Waals surface area contributed by atoms with Crippen LogP contribution in [0.3, 0.4) is 0 Å². The van der Waals surface area contributed by atoms with Gasteiger partial charge in [-0.2, -0.15) is 0 Å². The third-order valence-electron chi connectivity index (χ3n) is 4.84. The minimum Gasteiger partial charge on any atom is -0.504 e. The molecule has 7 nitrogen and oxygen atoms in total. The van der Waals surface area contributed by atoms with E-state index in [1.165, 1.54) is 0 Å². The summed E-state index contributed by atoms with van der Waals surface area (Å²) in [6.07, 6.45) is 2.29. The Hall–Kier alpha value is -3.19. The van der Waals surface area contributed by atoms with Crippen molar-refractivity contribution in [1.29, 1.82) is 0 Å². The van der Waals surface area contributed by atoms with E-state index in [9.17, 15) is 9.90 Å². The molecule has 0 unspecified atom stereocenters. The largest absolute Gasteiger partial charge is 0.504 e. The Balaban J connectivity index is 1.59. The summed E-state index contributed by atoms with van der Waals surface area (Å²) >= 11 is 0. The maximum atomic E-state index is 12.5. The molecule has 0 radical (unpaired) electrons. The topological polar surface area (TPSA) is 91.3 Å². The van der Waals surface area contributed by atoms with Crippen LogP contribution in [-0.4, -0.2) is 38.1 Å². The second-order valence-electron chi connectivity index (χ2n) is 6.71. The fourth-order valence-corrected chi connectivity index (χ4v) is 3.46. The van der Waals surface area contributed by atoms with E-state index in [1.54, 1.807) is 12.3 Å². The van der Waals surface area contributed by atoms with Gasteiger partial charge in [0.15, 0.2) is 17.3 Å². The highest BCUT2D eigenvalue weighted by Gasteiger charge is 2.23. The predicted molar refractivity (Wildman–Crippen MR) is 105 cm³/mol. The lowest BCUT2D eigenvalue weighted by Crippen LogP contribution is -2.35. The molecule has 144 valence electrons. The predicted octanol–water partition coefficient (Wildman–Crippen LogP) is 2.49. The van der Waals surface area contributed by atoms with Crippen molar-refractivity contribution in [3.63, 3.8) is 0 Å². The van der Waals surface area contributed by atoms with E-state index in [-0.39, 0.29) is 11.3 Å². The highest BCUT2D eigenvalue weighted by Crippen LogP contribution is 2.31. The molecule has 0 saturated carbocycles. The number of aromatic hydroxyl groups is 1. The summed E-state index contributed by atoms with van der Waals surface area (Å²) < 4.78 is 5.47. The molecule has 28 heavy (non-hydrogen) atoms. The van der Waals surface area contributed by atoms with Crippen LogP contribution < -0.4 is 10.3 Å². The Kier molecular flexibility index (Phi) is 5.08. The lowest BCUT2D eigenvalue weighted by Gasteiger charge is -2.28. The van der Waals surface area contributed by atoms with Crippen molar-refractivity contribution in [3.8, 4) is 23.0 Å². The molecule has 2 aromatic heterocycles. The number of H-pyrrole nitrogens is 1. The van der Waals surface area contributed by atoms with E-state index >= 15 is 0 Å². The molecule has 0 aliphatic carbocycles. The van der Waals surface area contributed by atoms with E-state index in [1.807, 2.05) is 37.3 Å². The van der Waals surface area contributed by atoms with Gasteiger partial charge in [-0.1, -0.05) is 18.2 Å². The fourth-order valence-electron chi connectivity index (χ4n) is 3.46. The molecule has 4 rings (SSSR count). The molecule has 1 aliphatic rings. The lowest BCUT2D eigenvalue weighted by atomic mass is 10.0. The summed E-state index contributed by atoms with van der Waals surface area (Å²) in [4.78, 5) is 26.4. The van der Waals surface area contributed by atoms with E-state index < -0.39 is 0 Å². The molecule has 1 aliphatic heterocycles. The van der Waals surface area contributed by atoms with Gasteiger partial charge in [0, 0.05) is 37.0 Å². The van der Waals surface area contributed by atoms with Gasteiger partial charge in [0.05, 0.1) is 12.3 Å². The molecule has 0 bridgehead atoms. The summed E-state index contributed by atoms with van der Waals surface area (Å²) in [5.41, 5.74) is 2.82. The number of aromatic nitrogens is 3. The summed E-state index contributed by atoms with van der Waals surface area (Å²) in [7, 11) is 0. The van der Waals surface area contributed by atoms with Crippen molar-refractivity contribution in [2.75, 3.05) is 13.2 Å². The van der Waals surface area contributed by atoms with E-state index in [0.29, 0.717) is 43.4 Å². The zero-order chi connectivity index (χ0) is 19.5. The second-order valence-corrected chi connectivity index (χ2v) is 6.71. The van der Waals surface area contributed by atoms with Crippen LogP contribution >= 0.6 is 0 Å². The van der Waals surface area contributed by atoms with Gasteiger partial charge in [0.2, 0.25) is 0 Å². The summed E-state index contributed by atoms with van der Waals surface area (Å²) in [6, 6.07) is 11.0. The number of benzene rings is 1. The van der Waals surface area contributed by atoms with Gasteiger partial charge in [-0.25, -0.2) is 4.98 Å². The van der Waals surface area contributed by atoms with Crippen LogP contribution in [0, 0.1) is 0 Å². The van der Waals surface area contributed by atoms with Gasteiger partial charge in [-0.3, -0.25) is 14.7 Å². The van der Waals surface area contributed by atoms with Gasteiger partial charge in [0.1, 0.15) is 5.69 Å². The maximum absolute atomic E-state index is 12.5. The van der Waals surface area contributed by atoms with E-state index in [2.05, 4.69) is 19.9 Å². The van der Waals surface area contributed by atoms with Gasteiger partial charge >= 0.3 is 0 Å². The van der Waals surface area contributed by atoms with Gasteiger partial charge in [0.25, 0.3) is 5.56 Å². The van der Waals surface area contributed by atoms with Crippen LogP contribution in [0.4, 0.5) is 0 Å². The van der Waals surface area contributed by atoms with Crippen LogP contribution in [0.25, 0.3) is 11.5 Å². The Bertz CT molecular complexity index is 1030. The Morgan fingerprint density at radius 1 is 1.25 bits per heavy atom. The Morgan fingerprint density at radius 3 is 2.93 bits per heavy atom. The van der Waals surface area contributed by atoms with Crippen molar-refractivity contribution < 1.29 is 9.84 Å². The van der Waals surface area contributed by atoms with Crippen LogP contribution in [-0.2, 0) is 19.5 Å². The quantitative estimate of drug-likeness (QED) is 0.709. The van der Waals surface area contributed by atoms with E-state index in [4.69, 9.17) is 4.74 Å². The number of phenols is 1. The lowest BCUT2D eigenvalue weighted by molar-refractivity contribution is 0.235. The highest BCUT2D eigenvalue weighted by molar-refractivity contribution is 5.49. The molecule has 0 atom stereocenters. The normalized spacial score (nSPS) is 13.9. The number of rotatable bonds is 5. The molecule has 3 aromatic rings.